The summed E-state index contributed by atoms with van der Waals surface area (Å²) < 4.78 is 54.0. The van der Waals surface area contributed by atoms with Crippen LogP contribution in [0.3, 0.4) is 0 Å². The topological polar surface area (TPSA) is 96.7 Å². The number of halogens is 3. The van der Waals surface area contributed by atoms with Gasteiger partial charge in [0.1, 0.15) is 12.7 Å². The molecule has 4 N–H and O–H groups in total. The summed E-state index contributed by atoms with van der Waals surface area (Å²) in [7, 11) is -2.64. The summed E-state index contributed by atoms with van der Waals surface area (Å²) in [6.07, 6.45) is 0.550. The molecule has 2 aromatic heterocycles. The zero-order valence-electron chi connectivity index (χ0n) is 17.3. The summed E-state index contributed by atoms with van der Waals surface area (Å²) >= 11 is 0. The van der Waals surface area contributed by atoms with Crippen molar-refractivity contribution in [2.45, 2.75) is 31.5 Å². The first kappa shape index (κ1) is 21.8. The zero-order chi connectivity index (χ0) is 22.4. The van der Waals surface area contributed by atoms with E-state index in [4.69, 9.17) is 5.73 Å². The van der Waals surface area contributed by atoms with E-state index in [1.165, 1.54) is 6.20 Å². The molecule has 31 heavy (non-hydrogen) atoms. The van der Waals surface area contributed by atoms with Crippen molar-refractivity contribution in [3.63, 3.8) is 0 Å². The van der Waals surface area contributed by atoms with Crippen molar-refractivity contribution in [1.82, 2.24) is 15.0 Å². The van der Waals surface area contributed by atoms with E-state index < -0.39 is 18.9 Å². The van der Waals surface area contributed by atoms with E-state index in [2.05, 4.69) is 20.3 Å². The Morgan fingerprint density at radius 2 is 2.06 bits per heavy atom. The maximum absolute atomic E-state index is 13.8. The lowest BCUT2D eigenvalue weighted by Crippen LogP contribution is -2.30. The van der Waals surface area contributed by atoms with Crippen LogP contribution in [-0.4, -0.2) is 40.9 Å². The number of rotatable bonds is 5. The Hall–Kier alpha value is -2.38. The molecule has 0 saturated heterocycles. The highest BCUT2D eigenvalue weighted by Crippen LogP contribution is 2.42. The number of nitrogens with one attached hydrogen (secondary N) is 2. The van der Waals surface area contributed by atoms with Crippen LogP contribution in [0.4, 0.5) is 19.1 Å². The molecule has 3 aromatic rings. The molecule has 0 unspecified atom stereocenters. The molecule has 1 aliphatic rings. The molecule has 0 amide bonds. The lowest BCUT2D eigenvalue weighted by molar-refractivity contribution is -0.137. The summed E-state index contributed by atoms with van der Waals surface area (Å²) in [5.74, 6) is 0.392. The van der Waals surface area contributed by atoms with Crippen molar-refractivity contribution in [2.75, 3.05) is 25.2 Å². The predicted molar refractivity (Wildman–Crippen MR) is 117 cm³/mol. The molecular formula is C21H25F3N5OP. The van der Waals surface area contributed by atoms with Crippen LogP contribution in [0, 0.1) is 5.92 Å². The van der Waals surface area contributed by atoms with Crippen LogP contribution in [0.5, 0.6) is 0 Å². The Kier molecular flexibility index (Phi) is 5.60. The minimum Gasteiger partial charge on any atom is -0.360 e. The van der Waals surface area contributed by atoms with E-state index in [1.807, 2.05) is 0 Å². The van der Waals surface area contributed by atoms with Crippen LogP contribution < -0.4 is 16.4 Å². The molecule has 1 saturated carbocycles. The van der Waals surface area contributed by atoms with Gasteiger partial charge < -0.3 is 20.6 Å². The SMILES string of the molecule is CP(C)(=O)c1cccc2c(-c3nc(N[C@@H]4CCC[C@@H]4CN)ncc3C(F)(F)F)c[nH]c12. The number of hydrogen-bond donors (Lipinski definition) is 3. The molecule has 166 valence electrons. The zero-order valence-corrected chi connectivity index (χ0v) is 18.2. The monoisotopic (exact) mass is 451 g/mol. The minimum absolute atomic E-state index is 0.0372. The van der Waals surface area contributed by atoms with Crippen molar-refractivity contribution in [3.05, 3.63) is 36.2 Å². The molecule has 0 aliphatic heterocycles. The molecule has 6 nitrogen and oxygen atoms in total. The quantitative estimate of drug-likeness (QED) is 0.499. The van der Waals surface area contributed by atoms with Gasteiger partial charge in [-0.25, -0.2) is 9.97 Å². The van der Waals surface area contributed by atoms with Gasteiger partial charge in [0.2, 0.25) is 5.95 Å². The highest BCUT2D eigenvalue weighted by molar-refractivity contribution is 7.70. The molecule has 2 atom stereocenters. The van der Waals surface area contributed by atoms with E-state index in [1.54, 1.807) is 31.5 Å². The standard InChI is InChI=1S/C21H25F3N5OP/c1-31(2,30)17-8-4-6-13-14(10-26-19(13)17)18-15(21(22,23)24)11-27-20(29-18)28-16-7-3-5-12(16)9-25/h4,6,8,10-12,16,26H,3,5,7,9,25H2,1-2H3,(H,27,28,29)/t12-,16-/m1/s1. The highest BCUT2D eigenvalue weighted by atomic mass is 31.2. The fourth-order valence-electron chi connectivity index (χ4n) is 4.32. The second-order valence-electron chi connectivity index (χ2n) is 8.38. The van der Waals surface area contributed by atoms with Crippen LogP contribution in [-0.2, 0) is 10.7 Å². The number of anilines is 1. The van der Waals surface area contributed by atoms with Crippen LogP contribution >= 0.6 is 7.14 Å². The summed E-state index contributed by atoms with van der Waals surface area (Å²) in [6, 6.07) is 5.17. The number of aromatic nitrogens is 3. The predicted octanol–water partition coefficient (Wildman–Crippen LogP) is 4.43. The number of H-pyrrole nitrogens is 1. The van der Waals surface area contributed by atoms with Gasteiger partial charge in [-0.05, 0) is 44.7 Å². The minimum atomic E-state index is -4.62. The molecule has 0 radical (unpaired) electrons. The summed E-state index contributed by atoms with van der Waals surface area (Å²) in [6.45, 7) is 3.77. The molecule has 0 spiro atoms. The Balaban J connectivity index is 1.84. The van der Waals surface area contributed by atoms with E-state index in [0.29, 0.717) is 28.3 Å². The average molecular weight is 451 g/mol. The molecule has 2 heterocycles. The Labute approximate surface area is 178 Å². The van der Waals surface area contributed by atoms with Gasteiger partial charge >= 0.3 is 6.18 Å². The van der Waals surface area contributed by atoms with Crippen molar-refractivity contribution in [2.24, 2.45) is 11.7 Å². The van der Waals surface area contributed by atoms with Gasteiger partial charge in [0, 0.05) is 34.7 Å². The Morgan fingerprint density at radius 1 is 1.29 bits per heavy atom. The number of aromatic amines is 1. The van der Waals surface area contributed by atoms with Gasteiger partial charge in [0.05, 0.1) is 11.2 Å². The number of para-hydroxylation sites is 1. The summed E-state index contributed by atoms with van der Waals surface area (Å²) in [4.78, 5) is 11.2. The lowest BCUT2D eigenvalue weighted by atomic mass is 10.0. The normalized spacial score (nSPS) is 19.8. The van der Waals surface area contributed by atoms with E-state index in [-0.39, 0.29) is 23.6 Å². The summed E-state index contributed by atoms with van der Waals surface area (Å²) in [5.41, 5.74) is 5.55. The molecule has 0 bridgehead atoms. The number of alkyl halides is 3. The average Bonchev–Trinajstić information content (AvgIpc) is 3.32. The Bertz CT molecular complexity index is 1150. The number of benzene rings is 1. The third-order valence-corrected chi connectivity index (χ3v) is 7.43. The molecule has 1 aliphatic carbocycles. The largest absolute Gasteiger partial charge is 0.419 e. The van der Waals surface area contributed by atoms with Crippen molar-refractivity contribution in [3.8, 4) is 11.3 Å². The second kappa shape index (κ2) is 7.95. The third kappa shape index (κ3) is 4.21. The fraction of sp³-hybridized carbons (Fsp3) is 0.429. The van der Waals surface area contributed by atoms with Crippen molar-refractivity contribution >= 4 is 29.3 Å². The first-order chi connectivity index (χ1) is 14.6. The van der Waals surface area contributed by atoms with E-state index >= 15 is 0 Å². The summed E-state index contributed by atoms with van der Waals surface area (Å²) in [5, 5.41) is 4.31. The smallest absolute Gasteiger partial charge is 0.360 e. The second-order valence-corrected chi connectivity index (χ2v) is 11.6. The van der Waals surface area contributed by atoms with Crippen LogP contribution in [0.2, 0.25) is 0 Å². The fourth-order valence-corrected chi connectivity index (χ4v) is 5.49. The number of hydrogen-bond acceptors (Lipinski definition) is 5. The van der Waals surface area contributed by atoms with Gasteiger partial charge in [0.15, 0.2) is 0 Å². The van der Waals surface area contributed by atoms with Crippen LogP contribution in [0.25, 0.3) is 22.2 Å². The maximum atomic E-state index is 13.8. The van der Waals surface area contributed by atoms with Gasteiger partial charge in [-0.15, -0.1) is 0 Å². The van der Waals surface area contributed by atoms with Crippen molar-refractivity contribution in [1.29, 1.82) is 0 Å². The molecular weight excluding hydrogens is 426 g/mol. The van der Waals surface area contributed by atoms with Crippen LogP contribution in [0.15, 0.2) is 30.6 Å². The maximum Gasteiger partial charge on any atom is 0.419 e. The highest BCUT2D eigenvalue weighted by Gasteiger charge is 2.36. The number of nitrogens with two attached hydrogens (primary N) is 1. The van der Waals surface area contributed by atoms with Crippen molar-refractivity contribution < 1.29 is 17.7 Å². The lowest BCUT2D eigenvalue weighted by Gasteiger charge is -2.20. The number of nitrogens with zero attached hydrogens (tertiary/aromatic N) is 2. The van der Waals surface area contributed by atoms with E-state index in [9.17, 15) is 17.7 Å². The van der Waals surface area contributed by atoms with E-state index in [0.717, 1.165) is 25.5 Å². The van der Waals surface area contributed by atoms with Gasteiger partial charge in [0.25, 0.3) is 0 Å². The molecule has 4 rings (SSSR count). The third-order valence-electron chi connectivity index (χ3n) is 5.90. The molecule has 1 aromatic carbocycles. The Morgan fingerprint density at radius 3 is 2.74 bits per heavy atom. The van der Waals surface area contributed by atoms with Gasteiger partial charge in [-0.2, -0.15) is 13.2 Å². The first-order valence-corrected chi connectivity index (χ1v) is 12.8. The van der Waals surface area contributed by atoms with Crippen LogP contribution in [0.1, 0.15) is 24.8 Å². The molecule has 1 fully saturated rings. The number of fused-ring (bicyclic) bond motifs is 1. The first-order valence-electron chi connectivity index (χ1n) is 10.2. The van der Waals surface area contributed by atoms with Gasteiger partial charge in [-0.1, -0.05) is 18.6 Å². The molecule has 10 heteroatoms. The van der Waals surface area contributed by atoms with Gasteiger partial charge in [-0.3, -0.25) is 0 Å².